The minimum absolute atomic E-state index is 0.0361. The lowest BCUT2D eigenvalue weighted by atomic mass is 10.1. The Balaban J connectivity index is 1.74. The fraction of sp³-hybridized carbons (Fsp3) is 0.250. The quantitative estimate of drug-likeness (QED) is 0.680. The van der Waals surface area contributed by atoms with E-state index in [1.807, 2.05) is 6.07 Å². The van der Waals surface area contributed by atoms with E-state index in [9.17, 15) is 13.6 Å². The van der Waals surface area contributed by atoms with E-state index < -0.39 is 11.6 Å². The Morgan fingerprint density at radius 3 is 2.86 bits per heavy atom. The zero-order valence-corrected chi connectivity index (χ0v) is 12.8. The van der Waals surface area contributed by atoms with E-state index in [1.54, 1.807) is 0 Å². The summed E-state index contributed by atoms with van der Waals surface area (Å²) in [4.78, 5) is 13.9. The van der Waals surface area contributed by atoms with Crippen LogP contribution in [0.15, 0.2) is 29.4 Å². The first-order valence-electron chi connectivity index (χ1n) is 6.96. The third kappa shape index (κ3) is 2.92. The molecule has 3 rings (SSSR count). The fourth-order valence-corrected chi connectivity index (χ4v) is 3.61. The summed E-state index contributed by atoms with van der Waals surface area (Å²) in [7, 11) is 0. The van der Waals surface area contributed by atoms with E-state index >= 15 is 0 Å². The molecule has 114 valence electrons. The number of aryl methyl sites for hydroxylation is 2. The van der Waals surface area contributed by atoms with Crippen LogP contribution in [-0.2, 0) is 12.8 Å². The Morgan fingerprint density at radius 2 is 2.09 bits per heavy atom. The second-order valence-corrected chi connectivity index (χ2v) is 6.31. The highest BCUT2D eigenvalue weighted by atomic mass is 32.1. The molecule has 1 amide bonds. The number of hydrogen-bond acceptors (Lipinski definition) is 3. The molecule has 1 aromatic heterocycles. The van der Waals surface area contributed by atoms with Crippen LogP contribution in [0.1, 0.15) is 39.0 Å². The van der Waals surface area contributed by atoms with Crippen molar-refractivity contribution in [2.45, 2.75) is 26.2 Å². The third-order valence-corrected chi connectivity index (χ3v) is 4.85. The summed E-state index contributed by atoms with van der Waals surface area (Å²) in [6.45, 7) is 1.52. The first-order chi connectivity index (χ1) is 10.5. The van der Waals surface area contributed by atoms with Crippen LogP contribution in [0.5, 0.6) is 0 Å². The molecular formula is C16H14F2N2OS. The smallest absolute Gasteiger partial charge is 0.266 e. The minimum Gasteiger partial charge on any atom is -0.266 e. The normalized spacial score (nSPS) is 14.0. The monoisotopic (exact) mass is 320 g/mol. The molecule has 6 heteroatoms. The van der Waals surface area contributed by atoms with Gasteiger partial charge in [-0.1, -0.05) is 0 Å². The van der Waals surface area contributed by atoms with Crippen LogP contribution in [-0.4, -0.2) is 11.6 Å². The molecule has 0 aliphatic heterocycles. The first-order valence-corrected chi connectivity index (χ1v) is 7.78. The Bertz CT molecular complexity index is 746. The number of nitrogens with zero attached hydrogens (tertiary/aromatic N) is 1. The van der Waals surface area contributed by atoms with Crippen LogP contribution >= 0.6 is 11.3 Å². The lowest BCUT2D eigenvalue weighted by molar-refractivity contribution is 0.0959. The van der Waals surface area contributed by atoms with Gasteiger partial charge in [0.2, 0.25) is 0 Å². The molecule has 0 fully saturated rings. The van der Waals surface area contributed by atoms with Crippen LogP contribution in [0, 0.1) is 11.6 Å². The van der Waals surface area contributed by atoms with Crippen molar-refractivity contribution < 1.29 is 13.6 Å². The van der Waals surface area contributed by atoms with Gasteiger partial charge in [-0.25, -0.2) is 14.2 Å². The SMILES string of the molecule is C/C(=N/NC(=O)c1cc2c(s1)CCC2)c1cc(F)ccc1F. The zero-order valence-electron chi connectivity index (χ0n) is 12.0. The summed E-state index contributed by atoms with van der Waals surface area (Å²) >= 11 is 1.47. The highest BCUT2D eigenvalue weighted by Crippen LogP contribution is 2.30. The first kappa shape index (κ1) is 14.8. The number of carbonyl (C=O) groups excluding carboxylic acids is 1. The maximum atomic E-state index is 13.6. The molecule has 3 nitrogen and oxygen atoms in total. The molecular weight excluding hydrogens is 306 g/mol. The Morgan fingerprint density at radius 1 is 1.27 bits per heavy atom. The average Bonchev–Trinajstić information content (AvgIpc) is 3.08. The maximum absolute atomic E-state index is 13.6. The van der Waals surface area contributed by atoms with Gasteiger partial charge in [-0.15, -0.1) is 11.3 Å². The molecule has 0 unspecified atom stereocenters. The molecule has 1 heterocycles. The van der Waals surface area contributed by atoms with Gasteiger partial charge in [0.25, 0.3) is 5.91 Å². The standard InChI is InChI=1S/C16H14F2N2OS/c1-9(12-8-11(17)5-6-13(12)18)19-20-16(21)15-7-10-3-2-4-14(10)22-15/h5-8H,2-4H2,1H3,(H,20,21)/b19-9-. The van der Waals surface area contributed by atoms with E-state index in [0.717, 1.165) is 37.5 Å². The Labute approximate surface area is 130 Å². The highest BCUT2D eigenvalue weighted by molar-refractivity contribution is 7.14. The molecule has 0 saturated carbocycles. The number of rotatable bonds is 3. The van der Waals surface area contributed by atoms with Gasteiger partial charge in [0, 0.05) is 10.4 Å². The van der Waals surface area contributed by atoms with Crippen LogP contribution in [0.25, 0.3) is 0 Å². The van der Waals surface area contributed by atoms with E-state index in [1.165, 1.54) is 28.7 Å². The van der Waals surface area contributed by atoms with Crippen LogP contribution in [0.4, 0.5) is 8.78 Å². The number of hydrogen-bond donors (Lipinski definition) is 1. The van der Waals surface area contributed by atoms with Crippen LogP contribution < -0.4 is 5.43 Å². The molecule has 0 bridgehead atoms. The van der Waals surface area contributed by atoms with Crippen molar-refractivity contribution in [2.75, 3.05) is 0 Å². The third-order valence-electron chi connectivity index (χ3n) is 3.61. The number of halogens is 2. The summed E-state index contributed by atoms with van der Waals surface area (Å²) in [5, 5.41) is 3.87. The van der Waals surface area contributed by atoms with Gasteiger partial charge in [-0.2, -0.15) is 5.10 Å². The number of carbonyl (C=O) groups is 1. The number of amides is 1. The summed E-state index contributed by atoms with van der Waals surface area (Å²) < 4.78 is 26.8. The summed E-state index contributed by atoms with van der Waals surface area (Å²) in [5.41, 5.74) is 3.88. The molecule has 1 N–H and O–H groups in total. The fourth-order valence-electron chi connectivity index (χ4n) is 2.47. The summed E-state index contributed by atoms with van der Waals surface area (Å²) in [6, 6.07) is 5.02. The lowest BCUT2D eigenvalue weighted by Crippen LogP contribution is -2.18. The van der Waals surface area contributed by atoms with Gasteiger partial charge < -0.3 is 0 Å². The molecule has 22 heavy (non-hydrogen) atoms. The van der Waals surface area contributed by atoms with Crippen LogP contribution in [0.3, 0.4) is 0 Å². The van der Waals surface area contributed by atoms with Gasteiger partial charge in [0.1, 0.15) is 11.6 Å². The molecule has 0 saturated heterocycles. The minimum atomic E-state index is -0.577. The summed E-state index contributed by atoms with van der Waals surface area (Å²) in [5.74, 6) is -1.45. The van der Waals surface area contributed by atoms with E-state index in [4.69, 9.17) is 0 Å². The molecule has 2 aromatic rings. The topological polar surface area (TPSA) is 41.5 Å². The van der Waals surface area contributed by atoms with Gasteiger partial charge in [0.05, 0.1) is 10.6 Å². The molecule has 1 aromatic carbocycles. The second-order valence-electron chi connectivity index (χ2n) is 5.17. The van der Waals surface area contributed by atoms with Crippen LogP contribution in [0.2, 0.25) is 0 Å². The van der Waals surface area contributed by atoms with Crippen molar-refractivity contribution in [3.8, 4) is 0 Å². The Hall–Kier alpha value is -2.08. The number of thiophene rings is 1. The molecule has 1 aliphatic rings. The van der Waals surface area contributed by atoms with Crippen molar-refractivity contribution >= 4 is 23.0 Å². The van der Waals surface area contributed by atoms with Crippen molar-refractivity contribution in [3.05, 3.63) is 56.8 Å². The summed E-state index contributed by atoms with van der Waals surface area (Å²) in [6.07, 6.45) is 3.17. The maximum Gasteiger partial charge on any atom is 0.281 e. The molecule has 0 atom stereocenters. The molecule has 0 spiro atoms. The molecule has 0 radical (unpaired) electrons. The van der Waals surface area contributed by atoms with Gasteiger partial charge in [-0.05, 0) is 56.0 Å². The van der Waals surface area contributed by atoms with Crippen molar-refractivity contribution in [2.24, 2.45) is 5.10 Å². The average molecular weight is 320 g/mol. The van der Waals surface area contributed by atoms with E-state index in [-0.39, 0.29) is 17.2 Å². The highest BCUT2D eigenvalue weighted by Gasteiger charge is 2.18. The van der Waals surface area contributed by atoms with Gasteiger partial charge in [-0.3, -0.25) is 4.79 Å². The van der Waals surface area contributed by atoms with Gasteiger partial charge >= 0.3 is 0 Å². The largest absolute Gasteiger partial charge is 0.281 e. The second kappa shape index (κ2) is 5.96. The van der Waals surface area contributed by atoms with Crippen molar-refractivity contribution in [1.29, 1.82) is 0 Å². The lowest BCUT2D eigenvalue weighted by Gasteiger charge is -2.03. The predicted molar refractivity (Wildman–Crippen MR) is 82.4 cm³/mol. The number of hydrazone groups is 1. The number of fused-ring (bicyclic) bond motifs is 1. The van der Waals surface area contributed by atoms with Crippen molar-refractivity contribution in [3.63, 3.8) is 0 Å². The predicted octanol–water partition coefficient (Wildman–Crippen LogP) is 3.67. The zero-order chi connectivity index (χ0) is 15.7. The number of nitrogens with one attached hydrogen (secondary N) is 1. The van der Waals surface area contributed by atoms with Crippen molar-refractivity contribution in [1.82, 2.24) is 5.43 Å². The van der Waals surface area contributed by atoms with Gasteiger partial charge in [0.15, 0.2) is 0 Å². The molecule has 1 aliphatic carbocycles. The van der Waals surface area contributed by atoms with E-state index in [0.29, 0.717) is 4.88 Å². The Kier molecular flexibility index (Phi) is 4.02. The van der Waals surface area contributed by atoms with E-state index in [2.05, 4.69) is 10.5 Å². The number of benzene rings is 1.